The molecule has 2 aromatic rings. The van der Waals surface area contributed by atoms with Crippen LogP contribution in [0.15, 0.2) is 30.3 Å². The molecule has 0 N–H and O–H groups in total. The highest BCUT2D eigenvalue weighted by molar-refractivity contribution is 6.42. The van der Waals surface area contributed by atoms with Gasteiger partial charge >= 0.3 is 0 Å². The molecule has 0 fully saturated rings. The van der Waals surface area contributed by atoms with Gasteiger partial charge in [-0.3, -0.25) is 0 Å². The number of aromatic nitrogens is 1. The van der Waals surface area contributed by atoms with Gasteiger partial charge in [0.2, 0.25) is 0 Å². The van der Waals surface area contributed by atoms with E-state index < -0.39 is 0 Å². The summed E-state index contributed by atoms with van der Waals surface area (Å²) in [5, 5.41) is 10.3. The molecule has 0 unspecified atom stereocenters. The Kier molecular flexibility index (Phi) is 4.72. The zero-order valence-corrected chi connectivity index (χ0v) is 12.8. The van der Waals surface area contributed by atoms with Gasteiger partial charge < -0.3 is 4.90 Å². The fourth-order valence-corrected chi connectivity index (χ4v) is 2.26. The average Bonchev–Trinajstić information content (AvgIpc) is 2.44. The highest BCUT2D eigenvalue weighted by Gasteiger charge is 2.10. The molecular formula is C14H10Cl3N3. The van der Waals surface area contributed by atoms with Crippen LogP contribution in [-0.2, 0) is 6.54 Å². The lowest BCUT2D eigenvalue weighted by atomic mass is 10.2. The molecular weight excluding hydrogens is 317 g/mol. The number of hydrogen-bond donors (Lipinski definition) is 0. The maximum Gasteiger partial charge on any atom is 0.161 e. The van der Waals surface area contributed by atoms with Crippen LogP contribution in [-0.4, -0.2) is 12.0 Å². The first-order valence-electron chi connectivity index (χ1n) is 5.73. The van der Waals surface area contributed by atoms with Gasteiger partial charge in [-0.05, 0) is 23.8 Å². The first kappa shape index (κ1) is 14.9. The highest BCUT2D eigenvalue weighted by atomic mass is 35.5. The van der Waals surface area contributed by atoms with Crippen molar-refractivity contribution in [3.8, 4) is 6.07 Å². The summed E-state index contributed by atoms with van der Waals surface area (Å²) >= 11 is 18.0. The van der Waals surface area contributed by atoms with E-state index in [0.29, 0.717) is 27.4 Å². The molecule has 2 rings (SSSR count). The molecule has 0 aliphatic carbocycles. The standard InChI is InChI=1S/C14H10Cl3N3/c1-20(8-9-3-2-4-11(16)14(9)17)13-6-5-10(15)12(7-18)19-13/h2-6H,8H2,1H3. The van der Waals surface area contributed by atoms with Crippen LogP contribution in [0.2, 0.25) is 15.1 Å². The van der Waals surface area contributed by atoms with Crippen molar-refractivity contribution in [2.24, 2.45) is 0 Å². The third kappa shape index (κ3) is 3.16. The van der Waals surface area contributed by atoms with E-state index in [-0.39, 0.29) is 5.69 Å². The molecule has 0 spiro atoms. The van der Waals surface area contributed by atoms with Crippen LogP contribution in [0.1, 0.15) is 11.3 Å². The van der Waals surface area contributed by atoms with Gasteiger partial charge in [-0.2, -0.15) is 5.26 Å². The van der Waals surface area contributed by atoms with Crippen molar-refractivity contribution in [1.82, 2.24) is 4.98 Å². The van der Waals surface area contributed by atoms with Gasteiger partial charge in [-0.15, -0.1) is 0 Å². The summed E-state index contributed by atoms with van der Waals surface area (Å²) in [6.45, 7) is 0.527. The van der Waals surface area contributed by atoms with E-state index >= 15 is 0 Å². The number of nitrogens with zero attached hydrogens (tertiary/aromatic N) is 3. The van der Waals surface area contributed by atoms with E-state index in [0.717, 1.165) is 5.56 Å². The molecule has 0 aliphatic heterocycles. The molecule has 102 valence electrons. The van der Waals surface area contributed by atoms with Gasteiger partial charge in [0, 0.05) is 13.6 Å². The normalized spacial score (nSPS) is 10.2. The third-order valence-electron chi connectivity index (χ3n) is 2.77. The van der Waals surface area contributed by atoms with Crippen LogP contribution in [0.5, 0.6) is 0 Å². The van der Waals surface area contributed by atoms with Crippen LogP contribution in [0.3, 0.4) is 0 Å². The monoisotopic (exact) mass is 325 g/mol. The zero-order chi connectivity index (χ0) is 14.7. The lowest BCUT2D eigenvalue weighted by molar-refractivity contribution is 0.896. The summed E-state index contributed by atoms with van der Waals surface area (Å²) in [4.78, 5) is 6.07. The van der Waals surface area contributed by atoms with Crippen LogP contribution in [0.25, 0.3) is 0 Å². The number of anilines is 1. The number of benzene rings is 1. The van der Waals surface area contributed by atoms with E-state index in [1.54, 1.807) is 18.2 Å². The first-order chi connectivity index (χ1) is 9.52. The molecule has 0 amide bonds. The van der Waals surface area contributed by atoms with Crippen molar-refractivity contribution in [1.29, 1.82) is 5.26 Å². The SMILES string of the molecule is CN(Cc1cccc(Cl)c1Cl)c1ccc(Cl)c(C#N)n1. The Morgan fingerprint density at radius 2 is 1.90 bits per heavy atom. The first-order valence-corrected chi connectivity index (χ1v) is 6.87. The van der Waals surface area contributed by atoms with E-state index in [1.165, 1.54) is 0 Å². The molecule has 0 aliphatic rings. The number of hydrogen-bond acceptors (Lipinski definition) is 3. The Morgan fingerprint density at radius 3 is 2.60 bits per heavy atom. The predicted molar refractivity (Wildman–Crippen MR) is 82.5 cm³/mol. The molecule has 0 atom stereocenters. The van der Waals surface area contributed by atoms with Crippen molar-refractivity contribution in [3.63, 3.8) is 0 Å². The minimum absolute atomic E-state index is 0.202. The second-order valence-corrected chi connectivity index (χ2v) is 5.37. The lowest BCUT2D eigenvalue weighted by Gasteiger charge is -2.19. The summed E-state index contributed by atoms with van der Waals surface area (Å²) in [5.41, 5.74) is 1.09. The molecule has 0 saturated heterocycles. The third-order valence-corrected chi connectivity index (χ3v) is 3.93. The average molecular weight is 327 g/mol. The Hall–Kier alpha value is -1.47. The van der Waals surface area contributed by atoms with E-state index in [2.05, 4.69) is 4.98 Å². The molecule has 0 bridgehead atoms. The Balaban J connectivity index is 2.26. The van der Waals surface area contributed by atoms with Crippen molar-refractivity contribution >= 4 is 40.6 Å². The van der Waals surface area contributed by atoms with Gasteiger partial charge in [-0.1, -0.05) is 46.9 Å². The lowest BCUT2D eigenvalue weighted by Crippen LogP contribution is -2.18. The second kappa shape index (κ2) is 6.32. The number of rotatable bonds is 3. The molecule has 20 heavy (non-hydrogen) atoms. The maximum absolute atomic E-state index is 8.94. The van der Waals surface area contributed by atoms with Gasteiger partial charge in [0.05, 0.1) is 15.1 Å². The molecule has 1 aromatic heterocycles. The summed E-state index contributed by atoms with van der Waals surface area (Å²) < 4.78 is 0. The summed E-state index contributed by atoms with van der Waals surface area (Å²) in [7, 11) is 1.86. The van der Waals surface area contributed by atoms with E-state index in [4.69, 9.17) is 40.1 Å². The number of nitriles is 1. The van der Waals surface area contributed by atoms with Crippen molar-refractivity contribution in [2.75, 3.05) is 11.9 Å². The number of halogens is 3. The molecule has 1 aromatic carbocycles. The van der Waals surface area contributed by atoms with Crippen molar-refractivity contribution in [3.05, 3.63) is 56.7 Å². The molecule has 0 saturated carbocycles. The molecule has 6 heteroatoms. The quantitative estimate of drug-likeness (QED) is 0.830. The Morgan fingerprint density at radius 1 is 1.15 bits per heavy atom. The summed E-state index contributed by atoms with van der Waals surface area (Å²) in [6, 6.07) is 10.8. The van der Waals surface area contributed by atoms with Gasteiger partial charge in [0.15, 0.2) is 5.69 Å². The van der Waals surface area contributed by atoms with E-state index in [9.17, 15) is 0 Å². The summed E-state index contributed by atoms with van der Waals surface area (Å²) in [6.07, 6.45) is 0. The zero-order valence-electron chi connectivity index (χ0n) is 10.6. The predicted octanol–water partition coefficient (Wildman–Crippen LogP) is 4.55. The molecule has 3 nitrogen and oxygen atoms in total. The van der Waals surface area contributed by atoms with Crippen LogP contribution < -0.4 is 4.90 Å². The van der Waals surface area contributed by atoms with Gasteiger partial charge in [-0.25, -0.2) is 4.98 Å². The molecule has 1 heterocycles. The maximum atomic E-state index is 8.94. The van der Waals surface area contributed by atoms with Crippen molar-refractivity contribution in [2.45, 2.75) is 6.54 Å². The molecule has 0 radical (unpaired) electrons. The Bertz CT molecular complexity index is 680. The van der Waals surface area contributed by atoms with Crippen molar-refractivity contribution < 1.29 is 0 Å². The fourth-order valence-electron chi connectivity index (χ4n) is 1.73. The largest absolute Gasteiger partial charge is 0.355 e. The smallest absolute Gasteiger partial charge is 0.161 e. The summed E-state index contributed by atoms with van der Waals surface area (Å²) in [5.74, 6) is 0.641. The topological polar surface area (TPSA) is 39.9 Å². The minimum atomic E-state index is 0.202. The minimum Gasteiger partial charge on any atom is -0.355 e. The Labute approximate surface area is 132 Å². The fraction of sp³-hybridized carbons (Fsp3) is 0.143. The number of pyridine rings is 1. The second-order valence-electron chi connectivity index (χ2n) is 4.18. The van der Waals surface area contributed by atoms with Crippen LogP contribution in [0.4, 0.5) is 5.82 Å². The van der Waals surface area contributed by atoms with Gasteiger partial charge in [0.1, 0.15) is 11.9 Å². The van der Waals surface area contributed by atoms with E-state index in [1.807, 2.05) is 30.1 Å². The highest BCUT2D eigenvalue weighted by Crippen LogP contribution is 2.27. The van der Waals surface area contributed by atoms with Gasteiger partial charge in [0.25, 0.3) is 0 Å². The van der Waals surface area contributed by atoms with Crippen LogP contribution in [0, 0.1) is 11.3 Å². The van der Waals surface area contributed by atoms with Crippen LogP contribution >= 0.6 is 34.8 Å².